The molecule has 4 rings (SSSR count). The number of aromatic nitrogens is 4. The number of hydrogen-bond donors (Lipinski definition) is 4. The number of ether oxygens (including phenoxy) is 2. The van der Waals surface area contributed by atoms with Crippen LogP contribution in [0.25, 0.3) is 11.2 Å². The fourth-order valence-corrected chi connectivity index (χ4v) is 3.29. The SMILES string of the molecule is COC[C@H]1O[C@@H](n2cnc3c(Nc4ccc(O)cc4F)nc(C)nc32)C(O)C1O. The predicted molar refractivity (Wildman–Crippen MR) is 99.2 cm³/mol. The summed E-state index contributed by atoms with van der Waals surface area (Å²) in [6, 6.07) is 3.70. The number of benzene rings is 1. The first-order valence-corrected chi connectivity index (χ1v) is 8.86. The van der Waals surface area contributed by atoms with E-state index >= 15 is 0 Å². The van der Waals surface area contributed by atoms with Crippen LogP contribution in [0.2, 0.25) is 0 Å². The maximum absolute atomic E-state index is 14.1. The number of nitrogens with zero attached hydrogens (tertiary/aromatic N) is 4. The zero-order valence-electron chi connectivity index (χ0n) is 15.7. The van der Waals surface area contributed by atoms with E-state index in [1.807, 2.05) is 0 Å². The summed E-state index contributed by atoms with van der Waals surface area (Å²) in [4.78, 5) is 12.9. The first-order chi connectivity index (χ1) is 13.9. The van der Waals surface area contributed by atoms with E-state index in [-0.39, 0.29) is 23.9 Å². The number of rotatable bonds is 5. The molecule has 1 saturated heterocycles. The topological polar surface area (TPSA) is 135 Å². The van der Waals surface area contributed by atoms with Crippen LogP contribution >= 0.6 is 0 Å². The highest BCUT2D eigenvalue weighted by atomic mass is 19.1. The second-order valence-electron chi connectivity index (χ2n) is 6.73. The van der Waals surface area contributed by atoms with E-state index in [4.69, 9.17) is 9.47 Å². The number of hydrogen-bond acceptors (Lipinski definition) is 9. The minimum Gasteiger partial charge on any atom is -0.508 e. The number of aryl methyl sites for hydroxylation is 1. The van der Waals surface area contributed by atoms with E-state index in [9.17, 15) is 19.7 Å². The number of aromatic hydroxyl groups is 1. The summed E-state index contributed by atoms with van der Waals surface area (Å²) in [5, 5.41) is 32.8. The molecule has 4 N–H and O–H groups in total. The molecular formula is C18H20FN5O5. The Morgan fingerprint density at radius 1 is 1.28 bits per heavy atom. The lowest BCUT2D eigenvalue weighted by atomic mass is 10.1. The van der Waals surface area contributed by atoms with Gasteiger partial charge < -0.3 is 30.1 Å². The van der Waals surface area contributed by atoms with Gasteiger partial charge in [-0.15, -0.1) is 0 Å². The van der Waals surface area contributed by atoms with Gasteiger partial charge in [0, 0.05) is 13.2 Å². The third-order valence-electron chi connectivity index (χ3n) is 4.68. The highest BCUT2D eigenvalue weighted by Crippen LogP contribution is 2.33. The van der Waals surface area contributed by atoms with E-state index < -0.39 is 30.4 Å². The Hall–Kier alpha value is -2.86. The van der Waals surface area contributed by atoms with Gasteiger partial charge in [0.15, 0.2) is 23.2 Å². The van der Waals surface area contributed by atoms with Crippen molar-refractivity contribution < 1.29 is 29.2 Å². The number of nitrogens with one attached hydrogen (secondary N) is 1. The number of phenols is 1. The summed E-state index contributed by atoms with van der Waals surface area (Å²) in [7, 11) is 1.47. The third kappa shape index (κ3) is 3.49. The van der Waals surface area contributed by atoms with Gasteiger partial charge in [-0.3, -0.25) is 4.57 Å². The first-order valence-electron chi connectivity index (χ1n) is 8.86. The molecule has 1 aliphatic heterocycles. The molecule has 3 aromatic rings. The summed E-state index contributed by atoms with van der Waals surface area (Å²) >= 11 is 0. The Morgan fingerprint density at radius 2 is 2.07 bits per heavy atom. The van der Waals surface area contributed by atoms with Crippen molar-refractivity contribution in [3.63, 3.8) is 0 Å². The molecule has 0 amide bonds. The lowest BCUT2D eigenvalue weighted by Gasteiger charge is -2.17. The molecule has 1 aromatic carbocycles. The average molecular weight is 405 g/mol. The van der Waals surface area contributed by atoms with E-state index in [1.54, 1.807) is 6.92 Å². The largest absolute Gasteiger partial charge is 0.508 e. The van der Waals surface area contributed by atoms with Crippen molar-refractivity contribution in [3.05, 3.63) is 36.2 Å². The highest BCUT2D eigenvalue weighted by molar-refractivity contribution is 5.85. The van der Waals surface area contributed by atoms with Gasteiger partial charge in [-0.05, 0) is 19.1 Å². The standard InChI is InChI=1S/C18H20FN5O5/c1-8-21-16(23-11-4-3-9(25)5-10(11)19)13-17(22-8)24(7-20-13)18-15(27)14(26)12(29-18)6-28-2/h3-5,7,12,14-15,18,25-27H,6H2,1-2H3,(H,21,22,23)/t12-,14?,15?,18-/m1/s1. The lowest BCUT2D eigenvalue weighted by molar-refractivity contribution is -0.0580. The quantitative estimate of drug-likeness (QED) is 0.458. The highest BCUT2D eigenvalue weighted by Gasteiger charge is 2.44. The summed E-state index contributed by atoms with van der Waals surface area (Å²) in [6.45, 7) is 1.77. The van der Waals surface area contributed by atoms with Gasteiger partial charge in [0.2, 0.25) is 0 Å². The van der Waals surface area contributed by atoms with Crippen molar-refractivity contribution in [1.82, 2.24) is 19.5 Å². The summed E-state index contributed by atoms with van der Waals surface area (Å²) in [6.07, 6.45) is -2.57. The Kier molecular flexibility index (Phi) is 5.04. The fourth-order valence-electron chi connectivity index (χ4n) is 3.29. The van der Waals surface area contributed by atoms with Crippen LogP contribution in [0.4, 0.5) is 15.9 Å². The third-order valence-corrected chi connectivity index (χ3v) is 4.68. The zero-order valence-corrected chi connectivity index (χ0v) is 15.7. The minimum absolute atomic E-state index is 0.101. The van der Waals surface area contributed by atoms with Gasteiger partial charge in [0.1, 0.15) is 35.7 Å². The van der Waals surface area contributed by atoms with Gasteiger partial charge in [0.25, 0.3) is 0 Å². The predicted octanol–water partition coefficient (Wildman–Crippen LogP) is 0.989. The average Bonchev–Trinajstić information content (AvgIpc) is 3.20. The van der Waals surface area contributed by atoms with Crippen LogP contribution < -0.4 is 5.32 Å². The monoisotopic (exact) mass is 405 g/mol. The fraction of sp³-hybridized carbons (Fsp3) is 0.389. The molecule has 0 radical (unpaired) electrons. The summed E-state index contributed by atoms with van der Waals surface area (Å²) in [5.41, 5.74) is 0.765. The van der Waals surface area contributed by atoms with Crippen LogP contribution in [0, 0.1) is 12.7 Å². The molecule has 1 aliphatic rings. The number of imidazole rings is 1. The number of phenolic OH excluding ortho intramolecular Hbond substituents is 1. The molecule has 10 nitrogen and oxygen atoms in total. The summed E-state index contributed by atoms with van der Waals surface area (Å²) < 4.78 is 26.4. The zero-order chi connectivity index (χ0) is 20.7. The number of aliphatic hydroxyl groups excluding tert-OH is 2. The molecule has 154 valence electrons. The molecule has 2 unspecified atom stereocenters. The maximum atomic E-state index is 14.1. The second kappa shape index (κ2) is 7.52. The van der Waals surface area contributed by atoms with Crippen molar-refractivity contribution in [2.45, 2.75) is 31.5 Å². The molecule has 11 heteroatoms. The maximum Gasteiger partial charge on any atom is 0.167 e. The van der Waals surface area contributed by atoms with Crippen LogP contribution in [0.5, 0.6) is 5.75 Å². The van der Waals surface area contributed by atoms with Crippen molar-refractivity contribution in [3.8, 4) is 5.75 Å². The molecule has 1 fully saturated rings. The molecule has 4 atom stereocenters. The van der Waals surface area contributed by atoms with Crippen LogP contribution in [0.3, 0.4) is 0 Å². The molecule has 29 heavy (non-hydrogen) atoms. The van der Waals surface area contributed by atoms with Crippen molar-refractivity contribution in [1.29, 1.82) is 0 Å². The first kappa shape index (κ1) is 19.5. The molecular weight excluding hydrogens is 385 g/mol. The van der Waals surface area contributed by atoms with E-state index in [0.29, 0.717) is 17.0 Å². The van der Waals surface area contributed by atoms with Crippen molar-refractivity contribution >= 4 is 22.7 Å². The number of halogens is 1. The van der Waals surface area contributed by atoms with Gasteiger partial charge in [-0.1, -0.05) is 0 Å². The van der Waals surface area contributed by atoms with Gasteiger partial charge in [-0.2, -0.15) is 0 Å². The number of methoxy groups -OCH3 is 1. The van der Waals surface area contributed by atoms with E-state index in [0.717, 1.165) is 6.07 Å². The van der Waals surface area contributed by atoms with E-state index in [2.05, 4.69) is 20.3 Å². The minimum atomic E-state index is -1.21. The Balaban J connectivity index is 1.72. The summed E-state index contributed by atoms with van der Waals surface area (Å²) in [5.74, 6) is -0.230. The van der Waals surface area contributed by atoms with Gasteiger partial charge >= 0.3 is 0 Å². The second-order valence-corrected chi connectivity index (χ2v) is 6.73. The smallest absolute Gasteiger partial charge is 0.167 e. The van der Waals surface area contributed by atoms with Crippen molar-refractivity contribution in [2.24, 2.45) is 0 Å². The number of aliphatic hydroxyl groups is 2. The van der Waals surface area contributed by atoms with Gasteiger partial charge in [0.05, 0.1) is 18.6 Å². The van der Waals surface area contributed by atoms with Crippen LogP contribution in [0.15, 0.2) is 24.5 Å². The molecule has 2 aromatic heterocycles. The molecule has 0 saturated carbocycles. The van der Waals surface area contributed by atoms with Crippen molar-refractivity contribution in [2.75, 3.05) is 19.0 Å². The van der Waals surface area contributed by atoms with Crippen LogP contribution in [-0.2, 0) is 9.47 Å². The molecule has 0 bridgehead atoms. The Morgan fingerprint density at radius 3 is 2.79 bits per heavy atom. The van der Waals surface area contributed by atoms with Crippen LogP contribution in [-0.4, -0.2) is 66.9 Å². The van der Waals surface area contributed by atoms with Gasteiger partial charge in [-0.25, -0.2) is 19.3 Å². The van der Waals surface area contributed by atoms with Crippen LogP contribution in [0.1, 0.15) is 12.1 Å². The molecule has 3 heterocycles. The molecule has 0 spiro atoms. The number of fused-ring (bicyclic) bond motifs is 1. The number of anilines is 2. The van der Waals surface area contributed by atoms with E-state index in [1.165, 1.54) is 30.1 Å². The molecule has 0 aliphatic carbocycles. The normalized spacial score (nSPS) is 24.3. The Bertz CT molecular complexity index is 1040. The Labute approximate surface area is 164 Å². The lowest BCUT2D eigenvalue weighted by Crippen LogP contribution is -2.33.